The van der Waals surface area contributed by atoms with Crippen molar-refractivity contribution in [1.29, 1.82) is 0 Å². The highest BCUT2D eigenvalue weighted by molar-refractivity contribution is 5.95. The van der Waals surface area contributed by atoms with E-state index in [4.69, 9.17) is 5.73 Å². The zero-order valence-corrected chi connectivity index (χ0v) is 11.0. The van der Waals surface area contributed by atoms with Crippen LogP contribution >= 0.6 is 0 Å². The van der Waals surface area contributed by atoms with Gasteiger partial charge in [-0.05, 0) is 31.9 Å². The van der Waals surface area contributed by atoms with E-state index in [2.05, 4.69) is 5.32 Å². The topological polar surface area (TPSA) is 55.1 Å². The highest BCUT2D eigenvalue weighted by Gasteiger charge is 2.38. The Morgan fingerprint density at radius 3 is 2.39 bits per heavy atom. The lowest BCUT2D eigenvalue weighted by Gasteiger charge is -2.34. The van der Waals surface area contributed by atoms with Crippen LogP contribution in [0.2, 0.25) is 0 Å². The third-order valence-electron chi connectivity index (χ3n) is 3.99. The fraction of sp³-hybridized carbons (Fsp3) is 0.533. The molecule has 1 fully saturated rings. The molecule has 18 heavy (non-hydrogen) atoms. The Morgan fingerprint density at radius 1 is 1.22 bits per heavy atom. The van der Waals surface area contributed by atoms with Crippen LogP contribution in [0.5, 0.6) is 0 Å². The summed E-state index contributed by atoms with van der Waals surface area (Å²) in [6.07, 6.45) is 5.28. The molecule has 1 aliphatic carbocycles. The molecule has 0 spiro atoms. The molecule has 1 saturated carbocycles. The number of carbonyl (C=O) groups is 1. The average Bonchev–Trinajstić information content (AvgIpc) is 2.42. The van der Waals surface area contributed by atoms with Crippen molar-refractivity contribution in [2.75, 3.05) is 11.9 Å². The summed E-state index contributed by atoms with van der Waals surface area (Å²) in [5.74, 6) is 0.0913. The Hall–Kier alpha value is -1.35. The first kappa shape index (κ1) is 13.1. The molecule has 0 bridgehead atoms. The highest BCUT2D eigenvalue weighted by Crippen LogP contribution is 2.36. The molecular weight excluding hydrogens is 224 g/mol. The first-order valence-electron chi connectivity index (χ1n) is 6.74. The Labute approximate surface area is 109 Å². The SMILES string of the molecule is Cc1ccc(NC(=O)C2(CN)CCCCC2)cc1. The van der Waals surface area contributed by atoms with Gasteiger partial charge in [-0.25, -0.2) is 0 Å². The van der Waals surface area contributed by atoms with E-state index in [1.165, 1.54) is 12.0 Å². The molecule has 0 atom stereocenters. The van der Waals surface area contributed by atoms with Gasteiger partial charge in [0.05, 0.1) is 5.41 Å². The largest absolute Gasteiger partial charge is 0.329 e. The summed E-state index contributed by atoms with van der Waals surface area (Å²) >= 11 is 0. The Balaban J connectivity index is 2.07. The van der Waals surface area contributed by atoms with Crippen LogP contribution in [0.15, 0.2) is 24.3 Å². The first-order chi connectivity index (χ1) is 8.66. The van der Waals surface area contributed by atoms with Gasteiger partial charge >= 0.3 is 0 Å². The minimum absolute atomic E-state index is 0.0913. The van der Waals surface area contributed by atoms with Crippen molar-refractivity contribution < 1.29 is 4.79 Å². The number of carbonyl (C=O) groups excluding carboxylic acids is 1. The van der Waals surface area contributed by atoms with Crippen LogP contribution in [0, 0.1) is 12.3 Å². The minimum Gasteiger partial charge on any atom is -0.329 e. The number of hydrogen-bond donors (Lipinski definition) is 2. The second-order valence-corrected chi connectivity index (χ2v) is 5.37. The zero-order valence-electron chi connectivity index (χ0n) is 11.0. The van der Waals surface area contributed by atoms with Gasteiger partial charge in [0.1, 0.15) is 0 Å². The van der Waals surface area contributed by atoms with E-state index in [0.29, 0.717) is 6.54 Å². The van der Waals surface area contributed by atoms with Gasteiger partial charge in [0.2, 0.25) is 5.91 Å². The third kappa shape index (κ3) is 2.72. The second kappa shape index (κ2) is 5.53. The van der Waals surface area contributed by atoms with Crippen LogP contribution in [0.1, 0.15) is 37.7 Å². The molecule has 0 heterocycles. The number of amides is 1. The van der Waals surface area contributed by atoms with E-state index < -0.39 is 0 Å². The fourth-order valence-electron chi connectivity index (χ4n) is 2.65. The van der Waals surface area contributed by atoms with Crippen LogP contribution in [-0.2, 0) is 4.79 Å². The average molecular weight is 246 g/mol. The summed E-state index contributed by atoms with van der Waals surface area (Å²) in [4.78, 5) is 12.4. The molecule has 0 saturated heterocycles. The Bertz CT molecular complexity index is 405. The normalized spacial score (nSPS) is 18.3. The maximum Gasteiger partial charge on any atom is 0.231 e. The van der Waals surface area contributed by atoms with Crippen molar-refractivity contribution >= 4 is 11.6 Å². The molecule has 0 radical (unpaired) electrons. The van der Waals surface area contributed by atoms with Crippen molar-refractivity contribution in [2.45, 2.75) is 39.0 Å². The van der Waals surface area contributed by atoms with E-state index in [9.17, 15) is 4.79 Å². The maximum atomic E-state index is 12.4. The van der Waals surface area contributed by atoms with Gasteiger partial charge in [-0.1, -0.05) is 37.0 Å². The van der Waals surface area contributed by atoms with Crippen LogP contribution < -0.4 is 11.1 Å². The summed E-state index contributed by atoms with van der Waals surface area (Å²) < 4.78 is 0. The molecule has 0 aliphatic heterocycles. The van der Waals surface area contributed by atoms with E-state index in [0.717, 1.165) is 31.4 Å². The lowest BCUT2D eigenvalue weighted by molar-refractivity contribution is -0.126. The molecule has 3 heteroatoms. The summed E-state index contributed by atoms with van der Waals surface area (Å²) in [5, 5.41) is 3.01. The third-order valence-corrected chi connectivity index (χ3v) is 3.99. The van der Waals surface area contributed by atoms with Gasteiger partial charge in [-0.2, -0.15) is 0 Å². The molecule has 98 valence electrons. The summed E-state index contributed by atoms with van der Waals surface area (Å²) in [6, 6.07) is 7.90. The molecule has 2 rings (SSSR count). The predicted octanol–water partition coefficient (Wildman–Crippen LogP) is 2.84. The Kier molecular flexibility index (Phi) is 4.02. The molecule has 1 amide bonds. The summed E-state index contributed by atoms with van der Waals surface area (Å²) in [5.41, 5.74) is 7.57. The molecule has 3 N–H and O–H groups in total. The molecule has 0 aromatic heterocycles. The van der Waals surface area contributed by atoms with E-state index in [-0.39, 0.29) is 11.3 Å². The summed E-state index contributed by atoms with van der Waals surface area (Å²) in [6.45, 7) is 2.48. The van der Waals surface area contributed by atoms with E-state index in [1.54, 1.807) is 0 Å². The van der Waals surface area contributed by atoms with Gasteiger partial charge in [0.15, 0.2) is 0 Å². The van der Waals surface area contributed by atoms with Crippen LogP contribution in [-0.4, -0.2) is 12.5 Å². The van der Waals surface area contributed by atoms with Gasteiger partial charge in [0, 0.05) is 12.2 Å². The Morgan fingerprint density at radius 2 is 1.83 bits per heavy atom. The second-order valence-electron chi connectivity index (χ2n) is 5.37. The van der Waals surface area contributed by atoms with Crippen molar-refractivity contribution in [1.82, 2.24) is 0 Å². The lowest BCUT2D eigenvalue weighted by atomic mass is 9.73. The predicted molar refractivity (Wildman–Crippen MR) is 74.4 cm³/mol. The molecule has 1 aliphatic rings. The molecule has 1 aromatic rings. The quantitative estimate of drug-likeness (QED) is 0.861. The zero-order chi connectivity index (χ0) is 13.0. The number of rotatable bonds is 3. The smallest absolute Gasteiger partial charge is 0.231 e. The van der Waals surface area contributed by atoms with Gasteiger partial charge in [0.25, 0.3) is 0 Å². The molecule has 3 nitrogen and oxygen atoms in total. The van der Waals surface area contributed by atoms with E-state index >= 15 is 0 Å². The van der Waals surface area contributed by atoms with Crippen LogP contribution in [0.4, 0.5) is 5.69 Å². The van der Waals surface area contributed by atoms with Gasteiger partial charge in [-0.15, -0.1) is 0 Å². The van der Waals surface area contributed by atoms with Crippen LogP contribution in [0.3, 0.4) is 0 Å². The van der Waals surface area contributed by atoms with Crippen molar-refractivity contribution in [3.8, 4) is 0 Å². The number of nitrogens with one attached hydrogen (secondary N) is 1. The number of anilines is 1. The van der Waals surface area contributed by atoms with Gasteiger partial charge < -0.3 is 11.1 Å². The van der Waals surface area contributed by atoms with Crippen molar-refractivity contribution in [3.05, 3.63) is 29.8 Å². The fourth-order valence-corrected chi connectivity index (χ4v) is 2.65. The minimum atomic E-state index is -0.344. The number of nitrogens with two attached hydrogens (primary N) is 1. The first-order valence-corrected chi connectivity index (χ1v) is 6.74. The lowest BCUT2D eigenvalue weighted by Crippen LogP contribution is -2.43. The van der Waals surface area contributed by atoms with Crippen LogP contribution in [0.25, 0.3) is 0 Å². The van der Waals surface area contributed by atoms with Crippen molar-refractivity contribution in [3.63, 3.8) is 0 Å². The standard InChI is InChI=1S/C15H22N2O/c1-12-5-7-13(8-6-12)17-14(18)15(11-16)9-3-2-4-10-15/h5-8H,2-4,9-11,16H2,1H3,(H,17,18). The van der Waals surface area contributed by atoms with Crippen molar-refractivity contribution in [2.24, 2.45) is 11.1 Å². The maximum absolute atomic E-state index is 12.4. The highest BCUT2D eigenvalue weighted by atomic mass is 16.2. The molecule has 1 aromatic carbocycles. The summed E-state index contributed by atoms with van der Waals surface area (Å²) in [7, 11) is 0. The van der Waals surface area contributed by atoms with E-state index in [1.807, 2.05) is 31.2 Å². The molecular formula is C15H22N2O. The monoisotopic (exact) mass is 246 g/mol. The molecule has 0 unspecified atom stereocenters. The number of hydrogen-bond acceptors (Lipinski definition) is 2. The number of benzene rings is 1. The van der Waals surface area contributed by atoms with Gasteiger partial charge in [-0.3, -0.25) is 4.79 Å². The number of aryl methyl sites for hydroxylation is 1.